The van der Waals surface area contributed by atoms with Gasteiger partial charge in [-0.2, -0.15) is 0 Å². The van der Waals surface area contributed by atoms with Gasteiger partial charge in [0.15, 0.2) is 24.0 Å². The number of rotatable bonds is 5. The predicted octanol–water partition coefficient (Wildman–Crippen LogP) is -5.47. The number of ketones is 1. The van der Waals surface area contributed by atoms with Gasteiger partial charge in [-0.25, -0.2) is 0 Å². The van der Waals surface area contributed by atoms with Crippen LogP contribution < -0.4 is 5.73 Å². The summed E-state index contributed by atoms with van der Waals surface area (Å²) in [6, 6.07) is -1.31. The van der Waals surface area contributed by atoms with E-state index in [0.29, 0.717) is 0 Å². The number of hydrogen-bond acceptors (Lipinski definition) is 12. The molecule has 26 heavy (non-hydrogen) atoms. The minimum atomic E-state index is -2.70. The van der Waals surface area contributed by atoms with Gasteiger partial charge in [-0.15, -0.1) is 0 Å². The Labute approximate surface area is 148 Å². The van der Waals surface area contributed by atoms with Crippen molar-refractivity contribution in [2.24, 2.45) is 5.73 Å². The third-order valence-corrected chi connectivity index (χ3v) is 4.78. The quantitative estimate of drug-likeness (QED) is 0.223. The SMILES string of the molecule is CC(=O)[C@@]1(O)[C@@H](O)[C@H](O[C@H]2[C@H](O)[C@@H](N)C(O)O[C@@H]2CO)O[C@H](CO)[C@@H]1O. The fourth-order valence-electron chi connectivity index (χ4n) is 3.08. The van der Waals surface area contributed by atoms with Gasteiger partial charge in [0, 0.05) is 0 Å². The Hall–Kier alpha value is -0.770. The van der Waals surface area contributed by atoms with Crippen molar-refractivity contribution in [3.8, 4) is 0 Å². The Morgan fingerprint density at radius 1 is 1.08 bits per heavy atom. The summed E-state index contributed by atoms with van der Waals surface area (Å²) in [6.45, 7) is -0.587. The molecule has 1 unspecified atom stereocenters. The zero-order valence-corrected chi connectivity index (χ0v) is 14.0. The maximum absolute atomic E-state index is 11.8. The summed E-state index contributed by atoms with van der Waals surface area (Å²) in [7, 11) is 0. The zero-order chi connectivity index (χ0) is 19.8. The van der Waals surface area contributed by atoms with E-state index in [-0.39, 0.29) is 0 Å². The molecule has 0 aromatic rings. The highest BCUT2D eigenvalue weighted by Gasteiger charge is 2.59. The lowest BCUT2D eigenvalue weighted by Gasteiger charge is -2.49. The van der Waals surface area contributed by atoms with Crippen molar-refractivity contribution in [2.75, 3.05) is 13.2 Å². The highest BCUT2D eigenvalue weighted by molar-refractivity contribution is 5.86. The Kier molecular flexibility index (Phi) is 6.69. The van der Waals surface area contributed by atoms with Crippen LogP contribution in [-0.4, -0.2) is 116 Å². The summed E-state index contributed by atoms with van der Waals surface area (Å²) < 4.78 is 15.6. The summed E-state index contributed by atoms with van der Waals surface area (Å²) in [6.07, 6.45) is -13.1. The van der Waals surface area contributed by atoms with Crippen LogP contribution >= 0.6 is 0 Å². The maximum Gasteiger partial charge on any atom is 0.187 e. The van der Waals surface area contributed by atoms with E-state index in [1.165, 1.54) is 0 Å². The van der Waals surface area contributed by atoms with Crippen LogP contribution in [0.2, 0.25) is 0 Å². The van der Waals surface area contributed by atoms with Crippen LogP contribution in [-0.2, 0) is 19.0 Å². The molecule has 0 aromatic carbocycles. The van der Waals surface area contributed by atoms with E-state index in [9.17, 15) is 40.5 Å². The topological polar surface area (TPSA) is 212 Å². The monoisotopic (exact) mass is 383 g/mol. The van der Waals surface area contributed by atoms with Crippen molar-refractivity contribution >= 4 is 5.78 Å². The van der Waals surface area contributed by atoms with E-state index in [4.69, 9.17) is 19.9 Å². The zero-order valence-electron chi connectivity index (χ0n) is 14.0. The predicted molar refractivity (Wildman–Crippen MR) is 80.2 cm³/mol. The molecule has 2 heterocycles. The fraction of sp³-hybridized carbons (Fsp3) is 0.929. The summed E-state index contributed by atoms with van der Waals surface area (Å²) >= 11 is 0. The van der Waals surface area contributed by atoms with E-state index >= 15 is 0 Å². The molecule has 10 atom stereocenters. The smallest absolute Gasteiger partial charge is 0.187 e. The van der Waals surface area contributed by atoms with Gasteiger partial charge < -0.3 is 55.7 Å². The normalized spacial score (nSPS) is 49.8. The standard InChI is InChI=1S/C14H25NO11/c1-4(18)14(23)10(20)6(3-17)25-13(11(14)21)26-9-5(2-16)24-12(22)7(15)8(9)19/h5-13,16-17,19-23H,2-3,15H2,1H3/t5-,6-,7-,8-,9-,10+,11+,12?,13+,14+/m1/s1. The van der Waals surface area contributed by atoms with E-state index in [2.05, 4.69) is 0 Å². The van der Waals surface area contributed by atoms with E-state index < -0.39 is 79.8 Å². The second-order valence-electron chi connectivity index (χ2n) is 6.41. The molecule has 0 saturated carbocycles. The molecule has 0 aliphatic carbocycles. The first-order valence-corrected chi connectivity index (χ1v) is 7.98. The van der Waals surface area contributed by atoms with Crippen molar-refractivity contribution in [3.63, 3.8) is 0 Å². The molecular weight excluding hydrogens is 358 g/mol. The first kappa shape index (κ1) is 21.5. The molecule has 12 nitrogen and oxygen atoms in total. The number of aliphatic hydroxyl groups is 7. The van der Waals surface area contributed by atoms with Crippen LogP contribution in [0.1, 0.15) is 6.92 Å². The average molecular weight is 383 g/mol. The molecule has 12 heteroatoms. The molecule has 2 rings (SSSR count). The molecule has 0 spiro atoms. The second kappa shape index (κ2) is 8.08. The molecule has 2 aliphatic heterocycles. The number of ether oxygens (including phenoxy) is 3. The number of aliphatic hydroxyl groups excluding tert-OH is 6. The van der Waals surface area contributed by atoms with Crippen molar-refractivity contribution in [3.05, 3.63) is 0 Å². The Morgan fingerprint density at radius 2 is 1.65 bits per heavy atom. The third kappa shape index (κ3) is 3.50. The van der Waals surface area contributed by atoms with Gasteiger partial charge in [0.2, 0.25) is 0 Å². The first-order chi connectivity index (χ1) is 12.1. The number of nitrogens with two attached hydrogens (primary N) is 1. The Morgan fingerprint density at radius 3 is 2.15 bits per heavy atom. The van der Waals surface area contributed by atoms with E-state index in [0.717, 1.165) is 6.92 Å². The number of hydrogen-bond donors (Lipinski definition) is 8. The lowest BCUT2D eigenvalue weighted by molar-refractivity contribution is -0.356. The molecular formula is C14H25NO11. The van der Waals surface area contributed by atoms with Crippen LogP contribution in [0, 0.1) is 0 Å². The molecule has 0 aromatic heterocycles. The molecule has 9 N–H and O–H groups in total. The molecule has 0 amide bonds. The van der Waals surface area contributed by atoms with Crippen molar-refractivity contribution in [2.45, 2.75) is 67.8 Å². The van der Waals surface area contributed by atoms with Gasteiger partial charge in [-0.1, -0.05) is 0 Å². The van der Waals surface area contributed by atoms with Gasteiger partial charge in [0.1, 0.15) is 36.6 Å². The summed E-state index contributed by atoms with van der Waals surface area (Å²) in [4.78, 5) is 11.8. The summed E-state index contributed by atoms with van der Waals surface area (Å²) in [5.74, 6) is -1.00. The molecule has 2 aliphatic rings. The Bertz CT molecular complexity index is 505. The highest BCUT2D eigenvalue weighted by Crippen LogP contribution is 2.33. The molecule has 2 fully saturated rings. The maximum atomic E-state index is 11.8. The molecule has 0 radical (unpaired) electrons. The van der Waals surface area contributed by atoms with Crippen molar-refractivity contribution < 1.29 is 54.8 Å². The highest BCUT2D eigenvalue weighted by atomic mass is 16.7. The van der Waals surface area contributed by atoms with Gasteiger partial charge in [-0.3, -0.25) is 4.79 Å². The molecule has 152 valence electrons. The van der Waals surface area contributed by atoms with Gasteiger partial charge in [0.25, 0.3) is 0 Å². The lowest BCUT2D eigenvalue weighted by atomic mass is 9.81. The van der Waals surface area contributed by atoms with E-state index in [1.807, 2.05) is 0 Å². The van der Waals surface area contributed by atoms with Crippen molar-refractivity contribution in [1.29, 1.82) is 0 Å². The summed E-state index contributed by atoms with van der Waals surface area (Å²) in [5.41, 5.74) is 2.87. The lowest BCUT2D eigenvalue weighted by Crippen LogP contribution is -2.72. The summed E-state index contributed by atoms with van der Waals surface area (Å²) in [5, 5.41) is 69.2. The molecule has 0 bridgehead atoms. The molecule has 2 saturated heterocycles. The van der Waals surface area contributed by atoms with E-state index in [1.54, 1.807) is 0 Å². The van der Waals surface area contributed by atoms with Gasteiger partial charge in [-0.05, 0) is 6.92 Å². The number of carbonyl (C=O) groups is 1. The van der Waals surface area contributed by atoms with Gasteiger partial charge >= 0.3 is 0 Å². The minimum absolute atomic E-state index is 0.697. The van der Waals surface area contributed by atoms with Crippen LogP contribution in [0.25, 0.3) is 0 Å². The number of carbonyl (C=O) groups excluding carboxylic acids is 1. The van der Waals surface area contributed by atoms with Crippen LogP contribution in [0.4, 0.5) is 0 Å². The number of Topliss-reactive ketones (excluding diaryl/α,β-unsaturated/α-hetero) is 1. The minimum Gasteiger partial charge on any atom is -0.394 e. The Balaban J connectivity index is 2.27. The van der Waals surface area contributed by atoms with Crippen LogP contribution in [0.5, 0.6) is 0 Å². The van der Waals surface area contributed by atoms with Crippen LogP contribution in [0.3, 0.4) is 0 Å². The third-order valence-electron chi connectivity index (χ3n) is 4.78. The van der Waals surface area contributed by atoms with Gasteiger partial charge in [0.05, 0.1) is 19.3 Å². The largest absolute Gasteiger partial charge is 0.394 e. The van der Waals surface area contributed by atoms with Crippen molar-refractivity contribution in [1.82, 2.24) is 0 Å². The first-order valence-electron chi connectivity index (χ1n) is 7.98. The average Bonchev–Trinajstić information content (AvgIpc) is 2.61. The van der Waals surface area contributed by atoms with Crippen LogP contribution in [0.15, 0.2) is 0 Å². The second-order valence-corrected chi connectivity index (χ2v) is 6.41. The fourth-order valence-corrected chi connectivity index (χ4v) is 3.08.